The number of carbonyl (C=O) groups excluding carboxylic acids is 2. The third-order valence-corrected chi connectivity index (χ3v) is 3.43. The quantitative estimate of drug-likeness (QED) is 0.834. The molecule has 0 saturated carbocycles. The Bertz CT molecular complexity index is 286. The van der Waals surface area contributed by atoms with Gasteiger partial charge in [-0.05, 0) is 26.2 Å². The smallest absolute Gasteiger partial charge is 0.409 e. The summed E-state index contributed by atoms with van der Waals surface area (Å²) >= 11 is 0. The lowest BCUT2D eigenvalue weighted by atomic mass is 10.0. The number of hydrogen-bond acceptors (Lipinski definition) is 3. The summed E-state index contributed by atoms with van der Waals surface area (Å²) in [4.78, 5) is 24.9. The summed E-state index contributed by atoms with van der Waals surface area (Å²) in [6.45, 7) is 7.46. The van der Waals surface area contributed by atoms with Crippen molar-refractivity contribution < 1.29 is 14.3 Å². The molecule has 1 fully saturated rings. The minimum absolute atomic E-state index is 0.0630. The van der Waals surface area contributed by atoms with Crippen LogP contribution in [0.2, 0.25) is 0 Å². The lowest BCUT2D eigenvalue weighted by molar-refractivity contribution is -0.125. The summed E-state index contributed by atoms with van der Waals surface area (Å²) in [6.07, 6.45) is 2.22. The van der Waals surface area contributed by atoms with E-state index in [0.717, 1.165) is 19.3 Å². The van der Waals surface area contributed by atoms with Gasteiger partial charge < -0.3 is 15.0 Å². The molecular formula is C13H24N2O3. The van der Waals surface area contributed by atoms with Gasteiger partial charge in [-0.1, -0.05) is 13.8 Å². The number of carbonyl (C=O) groups is 2. The highest BCUT2D eigenvalue weighted by Crippen LogP contribution is 2.12. The molecule has 0 aromatic carbocycles. The molecule has 1 aliphatic heterocycles. The van der Waals surface area contributed by atoms with Gasteiger partial charge in [0.15, 0.2) is 0 Å². The van der Waals surface area contributed by atoms with Crippen LogP contribution in [0, 0.1) is 5.92 Å². The van der Waals surface area contributed by atoms with Crippen LogP contribution in [-0.4, -0.2) is 42.6 Å². The number of hydrogen-bond donors (Lipinski definition) is 1. The maximum Gasteiger partial charge on any atom is 0.409 e. The van der Waals surface area contributed by atoms with Gasteiger partial charge in [0.25, 0.3) is 0 Å². The van der Waals surface area contributed by atoms with E-state index in [0.29, 0.717) is 19.7 Å². The van der Waals surface area contributed by atoms with E-state index in [1.807, 2.05) is 13.8 Å². The molecule has 0 aliphatic carbocycles. The number of nitrogens with one attached hydrogen (secondary N) is 1. The van der Waals surface area contributed by atoms with E-state index in [-0.39, 0.29) is 24.0 Å². The molecule has 1 aliphatic rings. The first-order valence-corrected chi connectivity index (χ1v) is 6.80. The van der Waals surface area contributed by atoms with Gasteiger partial charge in [-0.2, -0.15) is 0 Å². The zero-order valence-corrected chi connectivity index (χ0v) is 11.6. The predicted molar refractivity (Wildman–Crippen MR) is 69.2 cm³/mol. The van der Waals surface area contributed by atoms with E-state index in [4.69, 9.17) is 4.74 Å². The van der Waals surface area contributed by atoms with Crippen LogP contribution in [0.3, 0.4) is 0 Å². The molecule has 1 atom stereocenters. The maximum absolute atomic E-state index is 11.7. The first kappa shape index (κ1) is 14.8. The fourth-order valence-electron chi connectivity index (χ4n) is 1.95. The van der Waals surface area contributed by atoms with Gasteiger partial charge in [0.05, 0.1) is 6.61 Å². The number of rotatable bonds is 4. The fourth-order valence-corrected chi connectivity index (χ4v) is 1.95. The summed E-state index contributed by atoms with van der Waals surface area (Å²) in [5, 5.41) is 3.04. The van der Waals surface area contributed by atoms with Crippen LogP contribution in [-0.2, 0) is 9.53 Å². The molecule has 5 heteroatoms. The Labute approximate surface area is 109 Å². The number of piperidine rings is 1. The molecule has 5 nitrogen and oxygen atoms in total. The van der Waals surface area contributed by atoms with Crippen LogP contribution < -0.4 is 5.32 Å². The number of amides is 2. The Balaban J connectivity index is 2.31. The molecule has 18 heavy (non-hydrogen) atoms. The van der Waals surface area contributed by atoms with Gasteiger partial charge in [0.2, 0.25) is 5.91 Å². The normalized spacial score (nSPS) is 18.3. The van der Waals surface area contributed by atoms with Crippen molar-refractivity contribution >= 4 is 12.0 Å². The molecule has 1 heterocycles. The molecule has 1 saturated heterocycles. The highest BCUT2D eigenvalue weighted by Gasteiger charge is 2.25. The second-order valence-electron chi connectivity index (χ2n) is 4.78. The minimum Gasteiger partial charge on any atom is -0.450 e. The number of likely N-dealkylation sites (tertiary alicyclic amines) is 1. The summed E-state index contributed by atoms with van der Waals surface area (Å²) in [6, 6.07) is 0.192. The van der Waals surface area contributed by atoms with Crippen LogP contribution in [0.4, 0.5) is 4.79 Å². The lowest BCUT2D eigenvalue weighted by Crippen LogP contribution is -2.47. The summed E-state index contributed by atoms with van der Waals surface area (Å²) in [5.74, 6) is 0.181. The van der Waals surface area contributed by atoms with Crippen molar-refractivity contribution in [1.29, 1.82) is 0 Å². The van der Waals surface area contributed by atoms with Crippen LogP contribution in [0.1, 0.15) is 40.0 Å². The zero-order chi connectivity index (χ0) is 13.5. The summed E-state index contributed by atoms with van der Waals surface area (Å²) in [5.41, 5.74) is 0. The maximum atomic E-state index is 11.7. The largest absolute Gasteiger partial charge is 0.450 e. The van der Waals surface area contributed by atoms with E-state index < -0.39 is 0 Å². The topological polar surface area (TPSA) is 58.6 Å². The Morgan fingerprint density at radius 1 is 1.33 bits per heavy atom. The molecule has 0 bridgehead atoms. The van der Waals surface area contributed by atoms with Crippen molar-refractivity contribution in [2.24, 2.45) is 5.92 Å². The fraction of sp³-hybridized carbons (Fsp3) is 0.846. The molecule has 104 valence electrons. The lowest BCUT2D eigenvalue weighted by Gasteiger charge is -2.32. The van der Waals surface area contributed by atoms with Gasteiger partial charge >= 0.3 is 6.09 Å². The van der Waals surface area contributed by atoms with E-state index in [1.54, 1.807) is 11.8 Å². The van der Waals surface area contributed by atoms with Gasteiger partial charge in [0.1, 0.15) is 0 Å². The van der Waals surface area contributed by atoms with Gasteiger partial charge in [-0.25, -0.2) is 4.79 Å². The molecule has 0 aromatic heterocycles. The zero-order valence-electron chi connectivity index (χ0n) is 11.6. The van der Waals surface area contributed by atoms with E-state index >= 15 is 0 Å². The van der Waals surface area contributed by atoms with Crippen molar-refractivity contribution in [3.8, 4) is 0 Å². The molecule has 1 N–H and O–H groups in total. The van der Waals surface area contributed by atoms with Crippen molar-refractivity contribution in [2.75, 3.05) is 19.7 Å². The second-order valence-corrected chi connectivity index (χ2v) is 4.78. The van der Waals surface area contributed by atoms with Crippen LogP contribution in [0.15, 0.2) is 0 Å². The van der Waals surface area contributed by atoms with Gasteiger partial charge in [-0.15, -0.1) is 0 Å². The third kappa shape index (κ3) is 4.20. The Kier molecular flexibility index (Phi) is 5.95. The van der Waals surface area contributed by atoms with Crippen molar-refractivity contribution in [3.63, 3.8) is 0 Å². The molecule has 2 amide bonds. The molecule has 0 radical (unpaired) electrons. The van der Waals surface area contributed by atoms with Crippen molar-refractivity contribution in [3.05, 3.63) is 0 Å². The standard InChI is InChI=1S/C13H24N2O3/c1-4-10(3)12(16)14-11-6-8-15(9-7-11)13(17)18-5-2/h10-11H,4-9H2,1-3H3,(H,14,16). The first-order valence-electron chi connectivity index (χ1n) is 6.80. The average Bonchev–Trinajstić information content (AvgIpc) is 2.38. The van der Waals surface area contributed by atoms with E-state index in [9.17, 15) is 9.59 Å². The number of ether oxygens (including phenoxy) is 1. The van der Waals surface area contributed by atoms with Crippen LogP contribution >= 0.6 is 0 Å². The van der Waals surface area contributed by atoms with Gasteiger partial charge in [-0.3, -0.25) is 4.79 Å². The molecule has 1 unspecified atom stereocenters. The van der Waals surface area contributed by atoms with Crippen LogP contribution in [0.25, 0.3) is 0 Å². The van der Waals surface area contributed by atoms with Crippen molar-refractivity contribution in [2.45, 2.75) is 46.1 Å². The first-order chi connectivity index (χ1) is 8.58. The van der Waals surface area contributed by atoms with E-state index in [1.165, 1.54) is 0 Å². The Morgan fingerprint density at radius 3 is 2.44 bits per heavy atom. The summed E-state index contributed by atoms with van der Waals surface area (Å²) < 4.78 is 4.95. The molecule has 1 rings (SSSR count). The average molecular weight is 256 g/mol. The van der Waals surface area contributed by atoms with Crippen LogP contribution in [0.5, 0.6) is 0 Å². The SMILES string of the molecule is CCOC(=O)N1CCC(NC(=O)C(C)CC)CC1. The molecule has 0 aromatic rings. The second kappa shape index (κ2) is 7.24. The molecule has 0 spiro atoms. The minimum atomic E-state index is -0.246. The van der Waals surface area contributed by atoms with E-state index in [2.05, 4.69) is 5.32 Å². The number of nitrogens with zero attached hydrogens (tertiary/aromatic N) is 1. The Hall–Kier alpha value is -1.26. The highest BCUT2D eigenvalue weighted by molar-refractivity contribution is 5.78. The van der Waals surface area contributed by atoms with Gasteiger partial charge in [0, 0.05) is 25.0 Å². The Morgan fingerprint density at radius 2 is 1.94 bits per heavy atom. The highest BCUT2D eigenvalue weighted by atomic mass is 16.6. The third-order valence-electron chi connectivity index (χ3n) is 3.43. The molecular weight excluding hydrogens is 232 g/mol. The monoisotopic (exact) mass is 256 g/mol. The summed E-state index contributed by atoms with van der Waals surface area (Å²) in [7, 11) is 0. The van der Waals surface area contributed by atoms with Crippen molar-refractivity contribution in [1.82, 2.24) is 10.2 Å². The predicted octanol–water partition coefficient (Wildman–Crippen LogP) is 1.77.